The van der Waals surface area contributed by atoms with Gasteiger partial charge in [-0.25, -0.2) is 8.42 Å². The molecule has 0 saturated carbocycles. The average molecular weight is 250 g/mol. The zero-order valence-corrected chi connectivity index (χ0v) is 11.0. The highest BCUT2D eigenvalue weighted by atomic mass is 32.2. The maximum absolute atomic E-state index is 11.6. The summed E-state index contributed by atoms with van der Waals surface area (Å²) in [7, 11) is -3.41. The third-order valence-corrected chi connectivity index (χ3v) is 4.49. The number of carbonyl (C=O) groups excluding carboxylic acids is 1. The smallest absolute Gasteiger partial charge is 0.235 e. The van der Waals surface area contributed by atoms with E-state index < -0.39 is 26.7 Å². The lowest BCUT2D eigenvalue weighted by atomic mass is 10.2. The van der Waals surface area contributed by atoms with E-state index in [1.165, 1.54) is 6.92 Å². The fourth-order valence-corrected chi connectivity index (χ4v) is 2.32. The van der Waals surface area contributed by atoms with Gasteiger partial charge in [0.2, 0.25) is 5.91 Å². The number of hydrogen-bond acceptors (Lipinski definition) is 4. The summed E-state index contributed by atoms with van der Waals surface area (Å²) in [6.07, 6.45) is 1.80. The standard InChI is InChI=1S/C10H22N2O3S/c1-4-5-8(2)12-10(13)7-16(14,15)9(3)6-11/h8-9H,4-7,11H2,1-3H3,(H,12,13). The molecule has 0 aliphatic carbocycles. The molecular formula is C10H22N2O3S. The quantitative estimate of drug-likeness (QED) is 0.668. The number of rotatable bonds is 7. The van der Waals surface area contributed by atoms with Crippen molar-refractivity contribution in [1.29, 1.82) is 0 Å². The Balaban J connectivity index is 4.25. The third kappa shape index (κ3) is 5.46. The summed E-state index contributed by atoms with van der Waals surface area (Å²) < 4.78 is 23.1. The van der Waals surface area contributed by atoms with Crippen molar-refractivity contribution >= 4 is 15.7 Å². The molecule has 3 N–H and O–H groups in total. The Hall–Kier alpha value is -0.620. The molecule has 0 fully saturated rings. The van der Waals surface area contributed by atoms with Crippen LogP contribution in [0.1, 0.15) is 33.6 Å². The van der Waals surface area contributed by atoms with Crippen LogP contribution in [0.4, 0.5) is 0 Å². The molecule has 6 heteroatoms. The molecule has 0 radical (unpaired) electrons. The van der Waals surface area contributed by atoms with E-state index in [0.29, 0.717) is 0 Å². The van der Waals surface area contributed by atoms with Crippen molar-refractivity contribution in [2.75, 3.05) is 12.3 Å². The van der Waals surface area contributed by atoms with E-state index in [4.69, 9.17) is 5.73 Å². The lowest BCUT2D eigenvalue weighted by Gasteiger charge is -2.14. The second-order valence-electron chi connectivity index (χ2n) is 4.11. The third-order valence-electron chi connectivity index (χ3n) is 2.41. The van der Waals surface area contributed by atoms with E-state index in [1.807, 2.05) is 13.8 Å². The van der Waals surface area contributed by atoms with Gasteiger partial charge in [0.25, 0.3) is 0 Å². The Morgan fingerprint density at radius 1 is 1.38 bits per heavy atom. The molecule has 0 saturated heterocycles. The minimum Gasteiger partial charge on any atom is -0.353 e. The molecule has 0 aliphatic rings. The maximum Gasteiger partial charge on any atom is 0.235 e. The summed E-state index contributed by atoms with van der Waals surface area (Å²) in [4.78, 5) is 11.4. The first-order valence-corrected chi connectivity index (χ1v) is 7.26. The molecule has 0 aromatic rings. The first-order valence-electron chi connectivity index (χ1n) is 5.54. The van der Waals surface area contributed by atoms with Crippen LogP contribution < -0.4 is 11.1 Å². The summed E-state index contributed by atoms with van der Waals surface area (Å²) >= 11 is 0. The number of sulfone groups is 1. The average Bonchev–Trinajstić information content (AvgIpc) is 2.15. The Kier molecular flexibility index (Phi) is 6.59. The summed E-state index contributed by atoms with van der Waals surface area (Å²) in [5.41, 5.74) is 5.27. The van der Waals surface area contributed by atoms with Gasteiger partial charge >= 0.3 is 0 Å². The van der Waals surface area contributed by atoms with Gasteiger partial charge < -0.3 is 11.1 Å². The molecule has 1 amide bonds. The van der Waals surface area contributed by atoms with Crippen molar-refractivity contribution in [1.82, 2.24) is 5.32 Å². The predicted octanol–water partition coefficient (Wildman–Crippen LogP) is 0.0532. The minimum atomic E-state index is -3.41. The molecule has 5 nitrogen and oxygen atoms in total. The number of hydrogen-bond donors (Lipinski definition) is 2. The monoisotopic (exact) mass is 250 g/mol. The van der Waals surface area contributed by atoms with Crippen LogP contribution >= 0.6 is 0 Å². The number of amides is 1. The highest BCUT2D eigenvalue weighted by molar-refractivity contribution is 7.92. The van der Waals surface area contributed by atoms with Crippen molar-refractivity contribution in [3.8, 4) is 0 Å². The van der Waals surface area contributed by atoms with Gasteiger partial charge in [-0.05, 0) is 20.3 Å². The molecule has 0 bridgehead atoms. The van der Waals surface area contributed by atoms with Gasteiger partial charge in [-0.2, -0.15) is 0 Å². The highest BCUT2D eigenvalue weighted by Crippen LogP contribution is 2.01. The molecular weight excluding hydrogens is 228 g/mol. The Morgan fingerprint density at radius 2 is 1.94 bits per heavy atom. The summed E-state index contributed by atoms with van der Waals surface area (Å²) in [6.45, 7) is 5.43. The van der Waals surface area contributed by atoms with E-state index >= 15 is 0 Å². The predicted molar refractivity (Wildman–Crippen MR) is 64.8 cm³/mol. The van der Waals surface area contributed by atoms with Crippen LogP contribution in [0.3, 0.4) is 0 Å². The lowest BCUT2D eigenvalue weighted by molar-refractivity contribution is -0.119. The Bertz CT molecular complexity index is 314. The van der Waals surface area contributed by atoms with Gasteiger partial charge in [-0.1, -0.05) is 13.3 Å². The Labute approximate surface area is 97.7 Å². The van der Waals surface area contributed by atoms with Crippen LogP contribution in [0.15, 0.2) is 0 Å². The van der Waals surface area contributed by atoms with Gasteiger partial charge in [-0.3, -0.25) is 4.79 Å². The van der Waals surface area contributed by atoms with Crippen molar-refractivity contribution < 1.29 is 13.2 Å². The van der Waals surface area contributed by atoms with Crippen LogP contribution in [0, 0.1) is 0 Å². The number of nitrogens with one attached hydrogen (secondary N) is 1. The minimum absolute atomic E-state index is 0.0147. The first-order chi connectivity index (χ1) is 7.33. The highest BCUT2D eigenvalue weighted by Gasteiger charge is 2.23. The van der Waals surface area contributed by atoms with Crippen molar-refractivity contribution in [3.05, 3.63) is 0 Å². The zero-order chi connectivity index (χ0) is 12.8. The molecule has 0 aliphatic heterocycles. The largest absolute Gasteiger partial charge is 0.353 e. The van der Waals surface area contributed by atoms with Gasteiger partial charge in [0.15, 0.2) is 9.84 Å². The molecule has 0 aromatic heterocycles. The molecule has 0 aromatic carbocycles. The zero-order valence-electron chi connectivity index (χ0n) is 10.2. The molecule has 2 atom stereocenters. The lowest BCUT2D eigenvalue weighted by Crippen LogP contribution is -2.40. The SMILES string of the molecule is CCCC(C)NC(=O)CS(=O)(=O)C(C)CN. The molecule has 0 heterocycles. The van der Waals surface area contributed by atoms with E-state index in [9.17, 15) is 13.2 Å². The first kappa shape index (κ1) is 15.4. The molecule has 2 unspecified atom stereocenters. The molecule has 16 heavy (non-hydrogen) atoms. The number of carbonyl (C=O) groups is 1. The van der Waals surface area contributed by atoms with Gasteiger partial charge in [0.1, 0.15) is 5.75 Å². The van der Waals surface area contributed by atoms with E-state index in [1.54, 1.807) is 0 Å². The van der Waals surface area contributed by atoms with E-state index in [2.05, 4.69) is 5.32 Å². The Morgan fingerprint density at radius 3 is 2.38 bits per heavy atom. The van der Waals surface area contributed by atoms with Crippen LogP contribution in [0.5, 0.6) is 0 Å². The van der Waals surface area contributed by atoms with Gasteiger partial charge in [0, 0.05) is 12.6 Å². The van der Waals surface area contributed by atoms with Crippen LogP contribution in [-0.2, 0) is 14.6 Å². The van der Waals surface area contributed by atoms with Gasteiger partial charge in [0.05, 0.1) is 5.25 Å². The van der Waals surface area contributed by atoms with E-state index in [0.717, 1.165) is 12.8 Å². The second-order valence-corrected chi connectivity index (χ2v) is 6.53. The maximum atomic E-state index is 11.6. The topological polar surface area (TPSA) is 89.3 Å². The number of nitrogens with two attached hydrogens (primary N) is 1. The van der Waals surface area contributed by atoms with Gasteiger partial charge in [-0.15, -0.1) is 0 Å². The van der Waals surface area contributed by atoms with Crippen molar-refractivity contribution in [3.63, 3.8) is 0 Å². The molecule has 0 spiro atoms. The van der Waals surface area contributed by atoms with E-state index in [-0.39, 0.29) is 12.6 Å². The van der Waals surface area contributed by atoms with Crippen molar-refractivity contribution in [2.24, 2.45) is 5.73 Å². The molecule has 96 valence electrons. The van der Waals surface area contributed by atoms with Crippen LogP contribution in [0.25, 0.3) is 0 Å². The van der Waals surface area contributed by atoms with Crippen molar-refractivity contribution in [2.45, 2.75) is 44.9 Å². The fourth-order valence-electron chi connectivity index (χ4n) is 1.29. The fraction of sp³-hybridized carbons (Fsp3) is 0.900. The second kappa shape index (κ2) is 6.85. The summed E-state index contributed by atoms with van der Waals surface area (Å²) in [5.74, 6) is -0.916. The van der Waals surface area contributed by atoms with Crippen LogP contribution in [-0.4, -0.2) is 37.9 Å². The van der Waals surface area contributed by atoms with Crippen LogP contribution in [0.2, 0.25) is 0 Å². The summed E-state index contributed by atoms with van der Waals surface area (Å²) in [6, 6.07) is 0.0147. The molecule has 0 rings (SSSR count). The summed E-state index contributed by atoms with van der Waals surface area (Å²) in [5, 5.41) is 1.99. The normalized spacial score (nSPS) is 15.5.